The van der Waals surface area contributed by atoms with Crippen LogP contribution in [0.3, 0.4) is 0 Å². The minimum absolute atomic E-state index is 0.0841. The van der Waals surface area contributed by atoms with Gasteiger partial charge in [-0.1, -0.05) is 0 Å². The van der Waals surface area contributed by atoms with Crippen LogP contribution >= 0.6 is 0 Å². The van der Waals surface area contributed by atoms with Gasteiger partial charge >= 0.3 is 11.9 Å². The molecule has 0 atom stereocenters. The van der Waals surface area contributed by atoms with Crippen molar-refractivity contribution in [1.29, 1.82) is 0 Å². The maximum Gasteiger partial charge on any atom is 0.332 e. The fraction of sp³-hybridized carbons (Fsp3) is 0.905. The van der Waals surface area contributed by atoms with Gasteiger partial charge in [-0.05, 0) is 41.5 Å². The fourth-order valence-corrected chi connectivity index (χ4v) is 1.95. The van der Waals surface area contributed by atoms with E-state index < -0.39 is 11.2 Å². The normalized spacial score (nSPS) is 12.1. The van der Waals surface area contributed by atoms with Crippen LogP contribution in [0.5, 0.6) is 0 Å². The average Bonchev–Trinajstić information content (AvgIpc) is 2.58. The molecule has 0 aliphatic heterocycles. The van der Waals surface area contributed by atoms with E-state index in [0.29, 0.717) is 59.5 Å². The average molecular weight is 437 g/mol. The number of carbonyl (C=O) groups excluding carboxylic acids is 2. The standard InChI is InChI=1S/C21H40O9/c1-20(2,3)29-18(22)7-8-24-9-10-25-11-12-26-13-14-27-15-16-28-17-19(23)30-21(4,5)6/h7-17H2,1-6H3. The van der Waals surface area contributed by atoms with Crippen LogP contribution < -0.4 is 0 Å². The molecule has 0 aliphatic carbocycles. The van der Waals surface area contributed by atoms with Gasteiger partial charge in [-0.3, -0.25) is 4.79 Å². The van der Waals surface area contributed by atoms with Crippen molar-refractivity contribution in [1.82, 2.24) is 0 Å². The second-order valence-electron chi connectivity index (χ2n) is 8.42. The van der Waals surface area contributed by atoms with Crippen molar-refractivity contribution < 1.29 is 42.7 Å². The molecule has 0 bridgehead atoms. The third-order valence-corrected chi connectivity index (χ3v) is 3.00. The summed E-state index contributed by atoms with van der Waals surface area (Å²) in [5.74, 6) is -0.659. The second-order valence-corrected chi connectivity index (χ2v) is 8.42. The molecular formula is C21H40O9. The van der Waals surface area contributed by atoms with Gasteiger partial charge in [0.25, 0.3) is 0 Å². The first-order valence-electron chi connectivity index (χ1n) is 10.3. The van der Waals surface area contributed by atoms with Crippen LogP contribution in [0, 0.1) is 0 Å². The zero-order valence-corrected chi connectivity index (χ0v) is 19.5. The molecule has 0 amide bonds. The summed E-state index contributed by atoms with van der Waals surface area (Å²) >= 11 is 0. The number of esters is 2. The van der Waals surface area contributed by atoms with Gasteiger partial charge in [0.2, 0.25) is 0 Å². The molecule has 0 spiro atoms. The largest absolute Gasteiger partial charge is 0.460 e. The molecule has 0 N–H and O–H groups in total. The van der Waals surface area contributed by atoms with Gasteiger partial charge in [-0.2, -0.15) is 0 Å². The van der Waals surface area contributed by atoms with Gasteiger partial charge in [0.05, 0.1) is 65.9 Å². The van der Waals surface area contributed by atoms with Crippen LogP contribution in [0.25, 0.3) is 0 Å². The molecule has 0 unspecified atom stereocenters. The van der Waals surface area contributed by atoms with Gasteiger partial charge in [-0.15, -0.1) is 0 Å². The minimum Gasteiger partial charge on any atom is -0.460 e. The Kier molecular flexibility index (Phi) is 15.7. The lowest BCUT2D eigenvalue weighted by Crippen LogP contribution is -2.27. The van der Waals surface area contributed by atoms with Crippen LogP contribution in [0.2, 0.25) is 0 Å². The Labute approximate surface area is 180 Å². The molecule has 178 valence electrons. The second kappa shape index (κ2) is 16.4. The molecule has 0 aliphatic rings. The van der Waals surface area contributed by atoms with Gasteiger partial charge in [0.1, 0.15) is 17.8 Å². The lowest BCUT2D eigenvalue weighted by atomic mass is 10.2. The van der Waals surface area contributed by atoms with Crippen molar-refractivity contribution in [3.8, 4) is 0 Å². The highest BCUT2D eigenvalue weighted by molar-refractivity contribution is 5.71. The highest BCUT2D eigenvalue weighted by Crippen LogP contribution is 2.08. The van der Waals surface area contributed by atoms with Crippen LogP contribution in [-0.2, 0) is 42.7 Å². The highest BCUT2D eigenvalue weighted by Gasteiger charge is 2.16. The number of hydrogen-bond donors (Lipinski definition) is 0. The zero-order chi connectivity index (χ0) is 22.9. The van der Waals surface area contributed by atoms with Crippen molar-refractivity contribution in [3.05, 3.63) is 0 Å². The van der Waals surface area contributed by atoms with Gasteiger partial charge in [-0.25, -0.2) is 4.79 Å². The van der Waals surface area contributed by atoms with Crippen LogP contribution in [0.1, 0.15) is 48.0 Å². The van der Waals surface area contributed by atoms with Crippen molar-refractivity contribution in [2.45, 2.75) is 59.2 Å². The molecule has 0 aromatic heterocycles. The number of rotatable bonds is 17. The Balaban J connectivity index is 3.25. The van der Waals surface area contributed by atoms with E-state index in [4.69, 9.17) is 33.2 Å². The molecule has 0 saturated heterocycles. The summed E-state index contributed by atoms with van der Waals surface area (Å²) in [5, 5.41) is 0. The van der Waals surface area contributed by atoms with E-state index >= 15 is 0 Å². The Morgan fingerprint density at radius 3 is 1.23 bits per heavy atom. The van der Waals surface area contributed by atoms with Crippen LogP contribution in [-0.4, -0.2) is 89.2 Å². The van der Waals surface area contributed by atoms with E-state index in [2.05, 4.69) is 0 Å². The molecule has 30 heavy (non-hydrogen) atoms. The fourth-order valence-electron chi connectivity index (χ4n) is 1.95. The summed E-state index contributed by atoms with van der Waals surface area (Å²) in [6.07, 6.45) is 0.229. The Morgan fingerprint density at radius 2 is 0.833 bits per heavy atom. The van der Waals surface area contributed by atoms with E-state index in [1.54, 1.807) is 0 Å². The number of carbonyl (C=O) groups is 2. The summed E-state index contributed by atoms with van der Waals surface area (Å²) in [4.78, 5) is 22.9. The quantitative estimate of drug-likeness (QED) is 0.251. The molecule has 0 radical (unpaired) electrons. The zero-order valence-electron chi connectivity index (χ0n) is 19.5. The lowest BCUT2D eigenvalue weighted by molar-refractivity contribution is -0.161. The summed E-state index contributed by atoms with van der Waals surface area (Å²) < 4.78 is 36.9. The van der Waals surface area contributed by atoms with Crippen LogP contribution in [0.15, 0.2) is 0 Å². The third-order valence-electron chi connectivity index (χ3n) is 3.00. The summed E-state index contributed by atoms with van der Waals surface area (Å²) in [6, 6.07) is 0. The van der Waals surface area contributed by atoms with E-state index in [1.165, 1.54) is 0 Å². The number of hydrogen-bond acceptors (Lipinski definition) is 9. The van der Waals surface area contributed by atoms with E-state index in [9.17, 15) is 9.59 Å². The first-order chi connectivity index (χ1) is 14.0. The number of ether oxygens (including phenoxy) is 7. The molecule has 0 fully saturated rings. The van der Waals surface area contributed by atoms with Gasteiger partial charge < -0.3 is 33.2 Å². The molecule has 0 rings (SSSR count). The van der Waals surface area contributed by atoms with Gasteiger partial charge in [0.15, 0.2) is 0 Å². The molecule has 0 saturated carbocycles. The van der Waals surface area contributed by atoms with E-state index in [0.717, 1.165) is 0 Å². The molecule has 9 heteroatoms. The van der Waals surface area contributed by atoms with Crippen molar-refractivity contribution in [3.63, 3.8) is 0 Å². The van der Waals surface area contributed by atoms with Crippen molar-refractivity contribution >= 4 is 11.9 Å². The summed E-state index contributed by atoms with van der Waals surface area (Å²) in [5.41, 5.74) is -0.979. The van der Waals surface area contributed by atoms with E-state index in [-0.39, 0.29) is 25.0 Å². The molecule has 0 aromatic rings. The van der Waals surface area contributed by atoms with Crippen molar-refractivity contribution in [2.75, 3.05) is 66.1 Å². The predicted molar refractivity (Wildman–Crippen MR) is 110 cm³/mol. The lowest BCUT2D eigenvalue weighted by Gasteiger charge is -2.19. The first kappa shape index (κ1) is 28.7. The Morgan fingerprint density at radius 1 is 0.500 bits per heavy atom. The molecule has 0 heterocycles. The maximum absolute atomic E-state index is 11.5. The molecule has 9 nitrogen and oxygen atoms in total. The Bertz CT molecular complexity index is 410. The predicted octanol–water partition coefficient (Wildman–Crippen LogP) is 2.14. The van der Waals surface area contributed by atoms with Gasteiger partial charge in [0, 0.05) is 0 Å². The smallest absolute Gasteiger partial charge is 0.332 e. The molecular weight excluding hydrogens is 396 g/mol. The van der Waals surface area contributed by atoms with E-state index in [1.807, 2.05) is 41.5 Å². The maximum atomic E-state index is 11.5. The third kappa shape index (κ3) is 23.0. The SMILES string of the molecule is CC(C)(C)OC(=O)CCOCCOCCOCCOCCOCC(=O)OC(C)(C)C. The van der Waals surface area contributed by atoms with Crippen LogP contribution in [0.4, 0.5) is 0 Å². The monoisotopic (exact) mass is 436 g/mol. The Hall–Kier alpha value is -1.26. The first-order valence-corrected chi connectivity index (χ1v) is 10.3. The topological polar surface area (TPSA) is 98.8 Å². The minimum atomic E-state index is -0.507. The molecule has 0 aromatic carbocycles. The van der Waals surface area contributed by atoms with Crippen molar-refractivity contribution in [2.24, 2.45) is 0 Å². The summed E-state index contributed by atoms with van der Waals surface area (Å²) in [6.45, 7) is 14.5. The highest BCUT2D eigenvalue weighted by atomic mass is 16.6. The summed E-state index contributed by atoms with van der Waals surface area (Å²) in [7, 11) is 0.